The van der Waals surface area contributed by atoms with Gasteiger partial charge in [-0.3, -0.25) is 4.79 Å². The summed E-state index contributed by atoms with van der Waals surface area (Å²) in [4.78, 5) is 23.2. The first-order chi connectivity index (χ1) is 19.4. The highest BCUT2D eigenvalue weighted by molar-refractivity contribution is 6.30. The third kappa shape index (κ3) is 10.2. The quantitative estimate of drug-likeness (QED) is 0.183. The molecule has 1 N–H and O–H groups in total. The van der Waals surface area contributed by atoms with Crippen LogP contribution in [-0.2, 0) is 11.2 Å². The molecule has 0 radical (unpaired) electrons. The second kappa shape index (κ2) is 16.7. The number of nitrogens with zero attached hydrogens (tertiary/aromatic N) is 4. The van der Waals surface area contributed by atoms with Crippen molar-refractivity contribution in [2.45, 2.75) is 72.1 Å². The van der Waals surface area contributed by atoms with Crippen LogP contribution in [0, 0.1) is 11.7 Å². The molecule has 222 valence electrons. The van der Waals surface area contributed by atoms with Crippen molar-refractivity contribution in [1.29, 1.82) is 0 Å². The average Bonchev–Trinajstić information content (AvgIpc) is 2.97. The molecule has 1 aliphatic heterocycles. The summed E-state index contributed by atoms with van der Waals surface area (Å²) in [5.74, 6) is 1.36. The van der Waals surface area contributed by atoms with E-state index in [-0.39, 0.29) is 12.3 Å². The minimum atomic E-state index is -0.391. The van der Waals surface area contributed by atoms with Crippen molar-refractivity contribution in [2.75, 3.05) is 57.3 Å². The minimum Gasteiger partial charge on any atom is -0.493 e. The molecule has 0 atom stereocenters. The Kier molecular flexibility index (Phi) is 13.4. The van der Waals surface area contributed by atoms with Gasteiger partial charge in [0.05, 0.1) is 56.6 Å². The maximum absolute atomic E-state index is 14.6. The van der Waals surface area contributed by atoms with Crippen molar-refractivity contribution in [3.8, 4) is 5.75 Å². The Hall–Kier alpha value is -2.45. The molecule has 2 aromatic rings. The molecule has 9 heteroatoms. The number of benzene rings is 1. The lowest BCUT2D eigenvalue weighted by Gasteiger charge is -2.35. The number of anilines is 1. The Bertz CT molecular complexity index is 1020. The Labute approximate surface area is 245 Å². The van der Waals surface area contributed by atoms with Gasteiger partial charge in [-0.1, -0.05) is 17.7 Å². The fourth-order valence-electron chi connectivity index (χ4n) is 5.57. The van der Waals surface area contributed by atoms with Crippen LogP contribution >= 0.6 is 11.6 Å². The molecule has 1 amide bonds. The van der Waals surface area contributed by atoms with Crippen molar-refractivity contribution >= 4 is 23.5 Å². The van der Waals surface area contributed by atoms with E-state index in [1.165, 1.54) is 38.7 Å². The number of hydrogen-bond acceptors (Lipinski definition) is 5. The number of quaternary nitrogens is 1. The molecule has 0 unspecified atom stereocenters. The van der Waals surface area contributed by atoms with E-state index in [0.717, 1.165) is 62.0 Å². The van der Waals surface area contributed by atoms with Crippen LogP contribution in [-0.4, -0.2) is 72.8 Å². The highest BCUT2D eigenvalue weighted by Gasteiger charge is 2.21. The molecule has 0 spiro atoms. The monoisotopic (exact) mass is 576 g/mol. The second-order valence-corrected chi connectivity index (χ2v) is 11.4. The van der Waals surface area contributed by atoms with Crippen molar-refractivity contribution in [3.63, 3.8) is 0 Å². The molecule has 0 aliphatic carbocycles. The summed E-state index contributed by atoms with van der Waals surface area (Å²) in [6.07, 6.45) is 10.7. The Balaban J connectivity index is 1.27. The van der Waals surface area contributed by atoms with E-state index in [1.54, 1.807) is 24.5 Å². The van der Waals surface area contributed by atoms with Gasteiger partial charge in [0.15, 0.2) is 0 Å². The first kappa shape index (κ1) is 32.1. The van der Waals surface area contributed by atoms with Gasteiger partial charge in [-0.25, -0.2) is 14.4 Å². The predicted octanol–water partition coefficient (Wildman–Crippen LogP) is 6.05. The summed E-state index contributed by atoms with van der Waals surface area (Å²) < 4.78 is 21.6. The van der Waals surface area contributed by atoms with Crippen LogP contribution < -0.4 is 15.0 Å². The third-order valence-corrected chi connectivity index (χ3v) is 8.74. The van der Waals surface area contributed by atoms with E-state index in [4.69, 9.17) is 16.3 Å². The minimum absolute atomic E-state index is 0.0490. The summed E-state index contributed by atoms with van der Waals surface area (Å²) in [5.41, 5.74) is 0.400. The fourth-order valence-corrected chi connectivity index (χ4v) is 5.67. The van der Waals surface area contributed by atoms with Gasteiger partial charge in [0.2, 0.25) is 11.9 Å². The number of carbonyl (C=O) groups is 1. The molecule has 2 heterocycles. The first-order valence-corrected chi connectivity index (χ1v) is 15.5. The van der Waals surface area contributed by atoms with Crippen molar-refractivity contribution < 1.29 is 18.4 Å². The highest BCUT2D eigenvalue weighted by Crippen LogP contribution is 2.25. The van der Waals surface area contributed by atoms with Gasteiger partial charge in [0.25, 0.3) is 0 Å². The van der Waals surface area contributed by atoms with Gasteiger partial charge >= 0.3 is 0 Å². The van der Waals surface area contributed by atoms with Crippen LogP contribution in [0.15, 0.2) is 30.6 Å². The van der Waals surface area contributed by atoms with Crippen molar-refractivity contribution in [3.05, 3.63) is 47.0 Å². The van der Waals surface area contributed by atoms with Crippen LogP contribution in [0.3, 0.4) is 0 Å². The van der Waals surface area contributed by atoms with E-state index in [0.29, 0.717) is 35.4 Å². The number of ether oxygens (including phenoxy) is 1. The smallest absolute Gasteiger partial charge is 0.225 e. The summed E-state index contributed by atoms with van der Waals surface area (Å²) in [6.45, 7) is 14.5. The maximum atomic E-state index is 14.6. The number of amides is 1. The number of unbranched alkanes of at least 4 members (excludes halogenated alkanes) is 2. The van der Waals surface area contributed by atoms with E-state index in [9.17, 15) is 9.18 Å². The molecule has 1 aliphatic rings. The van der Waals surface area contributed by atoms with E-state index < -0.39 is 5.82 Å². The van der Waals surface area contributed by atoms with Gasteiger partial charge in [-0.15, -0.1) is 0 Å². The van der Waals surface area contributed by atoms with Gasteiger partial charge in [-0.05, 0) is 83.3 Å². The number of halogens is 2. The fraction of sp³-hybridized carbons (Fsp3) is 0.645. The normalized spacial score (nSPS) is 14.4. The number of hydrogen-bond donors (Lipinski definition) is 1. The SMILES string of the molecule is CC[N+](CC)(CC)CCCCCNC(=O)Cc1ccc(OCCCC2CCN(c3ncc(Cl)cn3)CC2)cc1F. The molecule has 1 aromatic heterocycles. The van der Waals surface area contributed by atoms with Crippen LogP contribution in [0.25, 0.3) is 0 Å². The summed E-state index contributed by atoms with van der Waals surface area (Å²) >= 11 is 5.88. The van der Waals surface area contributed by atoms with Gasteiger partial charge in [-0.2, -0.15) is 0 Å². The number of piperidine rings is 1. The number of aromatic nitrogens is 2. The Morgan fingerprint density at radius 3 is 2.42 bits per heavy atom. The zero-order chi connectivity index (χ0) is 28.8. The Morgan fingerprint density at radius 1 is 1.07 bits per heavy atom. The van der Waals surface area contributed by atoms with Gasteiger partial charge < -0.3 is 19.4 Å². The van der Waals surface area contributed by atoms with Gasteiger partial charge in [0, 0.05) is 25.7 Å². The average molecular weight is 577 g/mol. The molecule has 1 aromatic carbocycles. The number of nitrogens with one attached hydrogen (secondary N) is 1. The molecular weight excluding hydrogens is 529 g/mol. The Morgan fingerprint density at radius 2 is 1.77 bits per heavy atom. The zero-order valence-corrected chi connectivity index (χ0v) is 25.4. The molecule has 0 bridgehead atoms. The molecular formula is C31H48ClFN5O2+. The molecule has 0 saturated carbocycles. The van der Waals surface area contributed by atoms with Crippen LogP contribution in [0.2, 0.25) is 5.02 Å². The highest BCUT2D eigenvalue weighted by atomic mass is 35.5. The molecule has 7 nitrogen and oxygen atoms in total. The van der Waals surface area contributed by atoms with Crippen LogP contribution in [0.4, 0.5) is 10.3 Å². The summed E-state index contributed by atoms with van der Waals surface area (Å²) in [6, 6.07) is 4.82. The summed E-state index contributed by atoms with van der Waals surface area (Å²) in [7, 11) is 0. The third-order valence-electron chi connectivity index (χ3n) is 8.55. The molecule has 3 rings (SSSR count). The van der Waals surface area contributed by atoms with Gasteiger partial charge in [0.1, 0.15) is 11.6 Å². The molecule has 1 fully saturated rings. The lowest BCUT2D eigenvalue weighted by Crippen LogP contribution is -2.48. The largest absolute Gasteiger partial charge is 0.493 e. The number of carbonyl (C=O) groups excluding carboxylic acids is 1. The number of rotatable bonds is 17. The zero-order valence-electron chi connectivity index (χ0n) is 24.6. The molecule has 1 saturated heterocycles. The second-order valence-electron chi connectivity index (χ2n) is 11.0. The van der Waals surface area contributed by atoms with E-state index in [1.807, 2.05) is 0 Å². The molecule has 40 heavy (non-hydrogen) atoms. The lowest BCUT2D eigenvalue weighted by atomic mass is 9.92. The van der Waals surface area contributed by atoms with E-state index in [2.05, 4.69) is 41.0 Å². The van der Waals surface area contributed by atoms with Crippen LogP contribution in [0.1, 0.15) is 71.3 Å². The first-order valence-electron chi connectivity index (χ1n) is 15.1. The van der Waals surface area contributed by atoms with E-state index >= 15 is 0 Å². The topological polar surface area (TPSA) is 67.3 Å². The van der Waals surface area contributed by atoms with Crippen molar-refractivity contribution in [1.82, 2.24) is 15.3 Å². The lowest BCUT2D eigenvalue weighted by molar-refractivity contribution is -0.923. The maximum Gasteiger partial charge on any atom is 0.225 e. The predicted molar refractivity (Wildman–Crippen MR) is 160 cm³/mol. The van der Waals surface area contributed by atoms with Crippen molar-refractivity contribution in [2.24, 2.45) is 5.92 Å². The summed E-state index contributed by atoms with van der Waals surface area (Å²) in [5, 5.41) is 3.49. The van der Waals surface area contributed by atoms with Crippen LogP contribution in [0.5, 0.6) is 5.75 Å². The standard InChI is InChI=1S/C31H47ClFN5O2/c1-4-38(5-2,6-3)19-9-7-8-16-34-30(39)21-26-12-13-28(22-29(26)33)40-20-10-11-25-14-17-37(18-15-25)31-35-23-27(32)24-36-31/h12-13,22-25H,4-11,14-21H2,1-3H3/p+1.